The highest BCUT2D eigenvalue weighted by Crippen LogP contribution is 2.30. The molecule has 1 heterocycles. The summed E-state index contributed by atoms with van der Waals surface area (Å²) in [6.45, 7) is 7.02. The minimum atomic E-state index is -0.325. The number of hydrogen-bond acceptors (Lipinski definition) is 4. The molecule has 0 aromatic carbocycles. The number of ether oxygens (including phenoxy) is 2. The van der Waals surface area contributed by atoms with E-state index in [2.05, 4.69) is 29.2 Å². The third-order valence-corrected chi connectivity index (χ3v) is 3.63. The average molecular weight is 352 g/mol. The van der Waals surface area contributed by atoms with Crippen LogP contribution < -0.4 is 0 Å². The fourth-order valence-electron chi connectivity index (χ4n) is 1.88. The Balaban J connectivity index is 2.63. The number of esters is 2. The number of cyclic esters (lactones) is 1. The summed E-state index contributed by atoms with van der Waals surface area (Å²) >= 11 is 2.20. The van der Waals surface area contributed by atoms with Gasteiger partial charge in [0.15, 0.2) is 0 Å². The quantitative estimate of drug-likeness (QED) is 0.330. The van der Waals surface area contributed by atoms with Crippen LogP contribution in [0.5, 0.6) is 0 Å². The van der Waals surface area contributed by atoms with Crippen LogP contribution in [0.25, 0.3) is 0 Å². The second kappa shape index (κ2) is 6.37. The molecular weight excluding hydrogens is 335 g/mol. The number of halogens is 1. The minimum Gasteiger partial charge on any atom is -0.461 e. The normalized spacial score (nSPS) is 25.2. The van der Waals surface area contributed by atoms with Gasteiger partial charge in [-0.3, -0.25) is 9.59 Å². The molecule has 0 aliphatic carbocycles. The summed E-state index contributed by atoms with van der Waals surface area (Å²) in [6.07, 6.45) is 0.616. The van der Waals surface area contributed by atoms with Gasteiger partial charge in [-0.05, 0) is 18.9 Å². The van der Waals surface area contributed by atoms with Crippen LogP contribution in [0.3, 0.4) is 0 Å². The standard InChI is InChI=1S/C12H17IO4/c1-7(2)10(16-8(3)14)4-9-5-12(15)17-11(9)6-13/h9-11H,1,4-6H2,2-3H3/t9-,10+,11+/m1/s1. The molecule has 96 valence electrons. The highest BCUT2D eigenvalue weighted by Gasteiger charge is 2.36. The number of carbonyl (C=O) groups is 2. The lowest BCUT2D eigenvalue weighted by Crippen LogP contribution is -2.26. The minimum absolute atomic E-state index is 0.0690. The third kappa shape index (κ3) is 4.29. The number of hydrogen-bond donors (Lipinski definition) is 0. The lowest BCUT2D eigenvalue weighted by Gasteiger charge is -2.22. The van der Waals surface area contributed by atoms with Crippen molar-refractivity contribution in [2.45, 2.75) is 38.9 Å². The summed E-state index contributed by atoms with van der Waals surface area (Å²) in [6, 6.07) is 0. The van der Waals surface area contributed by atoms with Crippen LogP contribution in [0.1, 0.15) is 26.7 Å². The molecule has 0 spiro atoms. The molecule has 0 aromatic rings. The Morgan fingerprint density at radius 1 is 1.65 bits per heavy atom. The van der Waals surface area contributed by atoms with Crippen molar-refractivity contribution in [3.63, 3.8) is 0 Å². The first-order chi connectivity index (χ1) is 7.93. The Morgan fingerprint density at radius 2 is 2.29 bits per heavy atom. The largest absolute Gasteiger partial charge is 0.461 e. The number of rotatable bonds is 5. The van der Waals surface area contributed by atoms with Crippen molar-refractivity contribution in [3.05, 3.63) is 12.2 Å². The van der Waals surface area contributed by atoms with Gasteiger partial charge in [-0.15, -0.1) is 0 Å². The van der Waals surface area contributed by atoms with Gasteiger partial charge in [-0.25, -0.2) is 0 Å². The molecule has 0 aromatic heterocycles. The lowest BCUT2D eigenvalue weighted by molar-refractivity contribution is -0.146. The van der Waals surface area contributed by atoms with E-state index in [4.69, 9.17) is 9.47 Å². The molecule has 0 radical (unpaired) electrons. The number of carbonyl (C=O) groups excluding carboxylic acids is 2. The molecule has 0 saturated carbocycles. The smallest absolute Gasteiger partial charge is 0.306 e. The van der Waals surface area contributed by atoms with Crippen LogP contribution in [0.4, 0.5) is 0 Å². The Morgan fingerprint density at radius 3 is 2.76 bits per heavy atom. The SMILES string of the molecule is C=C(C)[C@H](C[C@@H]1CC(=O)O[C@H]1CI)OC(C)=O. The van der Waals surface area contributed by atoms with Crippen LogP contribution in [0.15, 0.2) is 12.2 Å². The summed E-state index contributed by atoms with van der Waals surface area (Å²) in [5.74, 6) is -0.380. The van der Waals surface area contributed by atoms with Crippen molar-refractivity contribution < 1.29 is 19.1 Å². The molecule has 5 heteroatoms. The fraction of sp³-hybridized carbons (Fsp3) is 0.667. The topological polar surface area (TPSA) is 52.6 Å². The van der Waals surface area contributed by atoms with E-state index in [1.165, 1.54) is 6.92 Å². The van der Waals surface area contributed by atoms with E-state index >= 15 is 0 Å². The van der Waals surface area contributed by atoms with Gasteiger partial charge in [-0.1, -0.05) is 29.2 Å². The van der Waals surface area contributed by atoms with Crippen molar-refractivity contribution in [2.75, 3.05) is 4.43 Å². The molecule has 17 heavy (non-hydrogen) atoms. The molecule has 0 unspecified atom stereocenters. The van der Waals surface area contributed by atoms with Crippen molar-refractivity contribution >= 4 is 34.5 Å². The first-order valence-electron chi connectivity index (χ1n) is 5.52. The Hall–Kier alpha value is -0.590. The van der Waals surface area contributed by atoms with Crippen molar-refractivity contribution in [2.24, 2.45) is 5.92 Å². The fourth-order valence-corrected chi connectivity index (χ4v) is 2.78. The van der Waals surface area contributed by atoms with Gasteiger partial charge < -0.3 is 9.47 Å². The van der Waals surface area contributed by atoms with Crippen LogP contribution in [-0.4, -0.2) is 28.6 Å². The van der Waals surface area contributed by atoms with Gasteiger partial charge in [-0.2, -0.15) is 0 Å². The Bertz CT molecular complexity index is 326. The van der Waals surface area contributed by atoms with Gasteiger partial charge >= 0.3 is 11.9 Å². The Kier molecular flexibility index (Phi) is 5.42. The highest BCUT2D eigenvalue weighted by molar-refractivity contribution is 14.1. The predicted molar refractivity (Wildman–Crippen MR) is 71.9 cm³/mol. The second-order valence-corrected chi connectivity index (χ2v) is 5.21. The van der Waals surface area contributed by atoms with Crippen molar-refractivity contribution in [1.82, 2.24) is 0 Å². The van der Waals surface area contributed by atoms with Crippen LogP contribution >= 0.6 is 22.6 Å². The molecule has 4 nitrogen and oxygen atoms in total. The Labute approximate surface area is 115 Å². The second-order valence-electron chi connectivity index (χ2n) is 4.33. The van der Waals surface area contributed by atoms with Crippen LogP contribution in [0.2, 0.25) is 0 Å². The summed E-state index contributed by atoms with van der Waals surface area (Å²) in [7, 11) is 0. The third-order valence-electron chi connectivity index (χ3n) is 2.76. The maximum Gasteiger partial charge on any atom is 0.306 e. The summed E-state index contributed by atoms with van der Waals surface area (Å²) < 4.78 is 11.1. The zero-order chi connectivity index (χ0) is 13.0. The first kappa shape index (κ1) is 14.5. The van der Waals surface area contributed by atoms with Gasteiger partial charge in [0.2, 0.25) is 0 Å². The maximum atomic E-state index is 11.2. The van der Waals surface area contributed by atoms with Gasteiger partial charge in [0.25, 0.3) is 0 Å². The number of alkyl halides is 1. The highest BCUT2D eigenvalue weighted by atomic mass is 127. The van der Waals surface area contributed by atoms with E-state index in [9.17, 15) is 9.59 Å². The molecule has 1 saturated heterocycles. The molecule has 0 N–H and O–H groups in total. The van der Waals surface area contributed by atoms with E-state index in [0.29, 0.717) is 12.8 Å². The van der Waals surface area contributed by atoms with Crippen LogP contribution in [-0.2, 0) is 19.1 Å². The molecule has 1 rings (SSSR count). The van der Waals surface area contributed by atoms with Crippen molar-refractivity contribution in [3.8, 4) is 0 Å². The van der Waals surface area contributed by atoms with E-state index in [1.807, 2.05) is 6.92 Å². The summed E-state index contributed by atoms with van der Waals surface area (Å²) in [5.41, 5.74) is 0.798. The average Bonchev–Trinajstić information content (AvgIpc) is 2.57. The van der Waals surface area contributed by atoms with E-state index in [0.717, 1.165) is 10.0 Å². The molecule has 1 fully saturated rings. The molecule has 1 aliphatic rings. The maximum absolute atomic E-state index is 11.2. The van der Waals surface area contributed by atoms with E-state index < -0.39 is 0 Å². The molecule has 0 amide bonds. The van der Waals surface area contributed by atoms with Gasteiger partial charge in [0.05, 0.1) is 6.42 Å². The summed E-state index contributed by atoms with van der Waals surface area (Å²) in [5, 5.41) is 0. The van der Waals surface area contributed by atoms with Gasteiger partial charge in [0.1, 0.15) is 12.2 Å². The van der Waals surface area contributed by atoms with E-state index in [-0.39, 0.29) is 30.1 Å². The molecular formula is C12H17IO4. The van der Waals surface area contributed by atoms with E-state index in [1.54, 1.807) is 0 Å². The molecule has 1 aliphatic heterocycles. The molecule has 0 bridgehead atoms. The zero-order valence-electron chi connectivity index (χ0n) is 10.1. The summed E-state index contributed by atoms with van der Waals surface area (Å²) in [4.78, 5) is 22.2. The predicted octanol–water partition coefficient (Wildman–Crippen LogP) is 2.25. The van der Waals surface area contributed by atoms with Crippen LogP contribution in [0, 0.1) is 5.92 Å². The lowest BCUT2D eigenvalue weighted by atomic mass is 9.93. The molecule has 3 atom stereocenters. The van der Waals surface area contributed by atoms with Gasteiger partial charge in [0, 0.05) is 17.3 Å². The first-order valence-corrected chi connectivity index (χ1v) is 7.04. The van der Waals surface area contributed by atoms with Crippen molar-refractivity contribution in [1.29, 1.82) is 0 Å². The monoisotopic (exact) mass is 352 g/mol. The zero-order valence-corrected chi connectivity index (χ0v) is 12.2.